The van der Waals surface area contributed by atoms with Crippen molar-refractivity contribution in [3.05, 3.63) is 36.2 Å². The molecule has 0 amide bonds. The van der Waals surface area contributed by atoms with Gasteiger partial charge in [-0.1, -0.05) is 32.4 Å². The summed E-state index contributed by atoms with van der Waals surface area (Å²) in [5.41, 5.74) is 3.38. The van der Waals surface area contributed by atoms with Crippen LogP contribution in [0.2, 0.25) is 0 Å². The Morgan fingerprint density at radius 2 is 2.00 bits per heavy atom. The van der Waals surface area contributed by atoms with Crippen LogP contribution in [0.3, 0.4) is 0 Å². The number of nitrogens with zero attached hydrogens (tertiary/aromatic N) is 2. The van der Waals surface area contributed by atoms with Crippen LogP contribution in [0.15, 0.2) is 30.6 Å². The molecule has 1 aromatic heterocycles. The van der Waals surface area contributed by atoms with Gasteiger partial charge in [-0.15, -0.1) is 0 Å². The third-order valence-corrected chi connectivity index (χ3v) is 2.78. The zero-order chi connectivity index (χ0) is 10.7. The molecule has 2 nitrogen and oxygen atoms in total. The highest BCUT2D eigenvalue weighted by Gasteiger charge is 2.09. The fourth-order valence-electron chi connectivity index (χ4n) is 2.00. The molecule has 0 radical (unpaired) electrons. The molecule has 2 heteroatoms. The second-order valence-corrected chi connectivity index (χ2v) is 3.96. The molecule has 0 aliphatic carbocycles. The van der Waals surface area contributed by atoms with Crippen LogP contribution < -0.4 is 0 Å². The molecule has 0 saturated heterocycles. The van der Waals surface area contributed by atoms with Gasteiger partial charge in [-0.2, -0.15) is 0 Å². The molecule has 15 heavy (non-hydrogen) atoms. The van der Waals surface area contributed by atoms with Crippen molar-refractivity contribution in [3.8, 4) is 0 Å². The SMILES string of the molecule is CCCC(C)c1cccc2nccnc12. The lowest BCUT2D eigenvalue weighted by atomic mass is 9.95. The molecular weight excluding hydrogens is 184 g/mol. The van der Waals surface area contributed by atoms with Crippen LogP contribution in [0.5, 0.6) is 0 Å². The highest BCUT2D eigenvalue weighted by Crippen LogP contribution is 2.25. The van der Waals surface area contributed by atoms with E-state index in [1.165, 1.54) is 18.4 Å². The smallest absolute Gasteiger partial charge is 0.0921 e. The largest absolute Gasteiger partial charge is 0.253 e. The lowest BCUT2D eigenvalue weighted by Crippen LogP contribution is -1.96. The van der Waals surface area contributed by atoms with Gasteiger partial charge in [0.15, 0.2) is 0 Å². The topological polar surface area (TPSA) is 25.8 Å². The minimum atomic E-state index is 0.565. The van der Waals surface area contributed by atoms with Crippen molar-refractivity contribution in [2.75, 3.05) is 0 Å². The summed E-state index contributed by atoms with van der Waals surface area (Å²) in [5.74, 6) is 0.565. The Labute approximate surface area is 90.4 Å². The normalized spacial score (nSPS) is 12.9. The number of aromatic nitrogens is 2. The fraction of sp³-hybridized carbons (Fsp3) is 0.385. The zero-order valence-corrected chi connectivity index (χ0v) is 9.27. The van der Waals surface area contributed by atoms with Crippen LogP contribution in [0.1, 0.15) is 38.2 Å². The van der Waals surface area contributed by atoms with Crippen molar-refractivity contribution in [1.82, 2.24) is 9.97 Å². The number of para-hydroxylation sites is 1. The number of hydrogen-bond donors (Lipinski definition) is 0. The fourth-order valence-corrected chi connectivity index (χ4v) is 2.00. The lowest BCUT2D eigenvalue weighted by molar-refractivity contribution is 0.668. The van der Waals surface area contributed by atoms with Gasteiger partial charge in [0.1, 0.15) is 0 Å². The molecular formula is C13H16N2. The molecule has 0 bridgehead atoms. The van der Waals surface area contributed by atoms with E-state index in [-0.39, 0.29) is 0 Å². The van der Waals surface area contributed by atoms with Gasteiger partial charge in [-0.3, -0.25) is 9.97 Å². The number of rotatable bonds is 3. The molecule has 1 atom stereocenters. The van der Waals surface area contributed by atoms with E-state index in [1.54, 1.807) is 12.4 Å². The maximum atomic E-state index is 4.42. The zero-order valence-electron chi connectivity index (χ0n) is 9.27. The van der Waals surface area contributed by atoms with Gasteiger partial charge in [-0.25, -0.2) is 0 Å². The van der Waals surface area contributed by atoms with Crippen LogP contribution >= 0.6 is 0 Å². The second-order valence-electron chi connectivity index (χ2n) is 3.96. The van der Waals surface area contributed by atoms with E-state index in [2.05, 4.69) is 35.9 Å². The Balaban J connectivity index is 2.50. The quantitative estimate of drug-likeness (QED) is 0.757. The molecule has 1 unspecified atom stereocenters. The molecule has 78 valence electrons. The third kappa shape index (κ3) is 1.99. The molecule has 0 saturated carbocycles. The minimum Gasteiger partial charge on any atom is -0.253 e. The van der Waals surface area contributed by atoms with E-state index < -0.39 is 0 Å². The maximum Gasteiger partial charge on any atom is 0.0921 e. The number of fused-ring (bicyclic) bond motifs is 1. The average Bonchev–Trinajstić information content (AvgIpc) is 2.28. The van der Waals surface area contributed by atoms with Gasteiger partial charge in [0.2, 0.25) is 0 Å². The van der Waals surface area contributed by atoms with Crippen LogP contribution in [0, 0.1) is 0 Å². The first-order chi connectivity index (χ1) is 7.33. The molecule has 0 aliphatic rings. The molecule has 0 N–H and O–H groups in total. The first kappa shape index (κ1) is 10.1. The highest BCUT2D eigenvalue weighted by atomic mass is 14.8. The van der Waals surface area contributed by atoms with Crippen molar-refractivity contribution < 1.29 is 0 Å². The van der Waals surface area contributed by atoms with E-state index in [0.29, 0.717) is 5.92 Å². The van der Waals surface area contributed by atoms with Crippen molar-refractivity contribution >= 4 is 11.0 Å². The third-order valence-electron chi connectivity index (χ3n) is 2.78. The summed E-state index contributed by atoms with van der Waals surface area (Å²) in [7, 11) is 0. The van der Waals surface area contributed by atoms with Crippen molar-refractivity contribution in [2.45, 2.75) is 32.6 Å². The van der Waals surface area contributed by atoms with Crippen LogP contribution in [0.4, 0.5) is 0 Å². The Morgan fingerprint density at radius 3 is 2.80 bits per heavy atom. The van der Waals surface area contributed by atoms with Gasteiger partial charge in [-0.05, 0) is 24.0 Å². The van der Waals surface area contributed by atoms with Gasteiger partial charge < -0.3 is 0 Å². The minimum absolute atomic E-state index is 0.565. The molecule has 1 aromatic carbocycles. The van der Waals surface area contributed by atoms with E-state index in [1.807, 2.05) is 6.07 Å². The second kappa shape index (κ2) is 4.39. The van der Waals surface area contributed by atoms with E-state index in [9.17, 15) is 0 Å². The standard InChI is InChI=1S/C13H16N2/c1-3-5-10(2)11-6-4-7-12-13(11)15-9-8-14-12/h4,6-10H,3,5H2,1-2H3. The van der Waals surface area contributed by atoms with Crippen LogP contribution in [-0.4, -0.2) is 9.97 Å². The van der Waals surface area contributed by atoms with Crippen molar-refractivity contribution in [3.63, 3.8) is 0 Å². The summed E-state index contributed by atoms with van der Waals surface area (Å²) in [6.45, 7) is 4.47. The molecule has 2 rings (SSSR count). The Kier molecular flexibility index (Phi) is 2.95. The first-order valence-corrected chi connectivity index (χ1v) is 5.52. The Morgan fingerprint density at radius 1 is 1.20 bits per heavy atom. The van der Waals surface area contributed by atoms with Gasteiger partial charge in [0.05, 0.1) is 11.0 Å². The lowest BCUT2D eigenvalue weighted by Gasteiger charge is -2.12. The number of benzene rings is 1. The van der Waals surface area contributed by atoms with Gasteiger partial charge in [0, 0.05) is 12.4 Å². The molecule has 0 aliphatic heterocycles. The molecule has 1 heterocycles. The average molecular weight is 200 g/mol. The van der Waals surface area contributed by atoms with Crippen LogP contribution in [-0.2, 0) is 0 Å². The monoisotopic (exact) mass is 200 g/mol. The predicted molar refractivity (Wildman–Crippen MR) is 62.9 cm³/mol. The summed E-state index contributed by atoms with van der Waals surface area (Å²) < 4.78 is 0. The molecule has 0 fully saturated rings. The summed E-state index contributed by atoms with van der Waals surface area (Å²) in [4.78, 5) is 8.74. The van der Waals surface area contributed by atoms with Crippen LogP contribution in [0.25, 0.3) is 11.0 Å². The summed E-state index contributed by atoms with van der Waals surface area (Å²) >= 11 is 0. The summed E-state index contributed by atoms with van der Waals surface area (Å²) in [5, 5.41) is 0. The van der Waals surface area contributed by atoms with Crippen molar-refractivity contribution in [1.29, 1.82) is 0 Å². The molecule has 0 spiro atoms. The Bertz CT molecular complexity index is 446. The summed E-state index contributed by atoms with van der Waals surface area (Å²) in [6.07, 6.45) is 5.93. The first-order valence-electron chi connectivity index (χ1n) is 5.52. The summed E-state index contributed by atoms with van der Waals surface area (Å²) in [6, 6.07) is 6.25. The van der Waals surface area contributed by atoms with E-state index in [4.69, 9.17) is 0 Å². The van der Waals surface area contributed by atoms with E-state index in [0.717, 1.165) is 11.0 Å². The van der Waals surface area contributed by atoms with Gasteiger partial charge in [0.25, 0.3) is 0 Å². The van der Waals surface area contributed by atoms with Crippen molar-refractivity contribution in [2.24, 2.45) is 0 Å². The number of hydrogen-bond acceptors (Lipinski definition) is 2. The van der Waals surface area contributed by atoms with E-state index >= 15 is 0 Å². The highest BCUT2D eigenvalue weighted by molar-refractivity contribution is 5.77. The van der Waals surface area contributed by atoms with Gasteiger partial charge >= 0.3 is 0 Å². The Hall–Kier alpha value is -1.44. The maximum absolute atomic E-state index is 4.42. The predicted octanol–water partition coefficient (Wildman–Crippen LogP) is 3.53. The molecule has 2 aromatic rings.